The molecule has 2 aliphatic rings. The molecule has 10 nitrogen and oxygen atoms in total. The van der Waals surface area contributed by atoms with Gasteiger partial charge in [-0.2, -0.15) is 0 Å². The van der Waals surface area contributed by atoms with Crippen molar-refractivity contribution >= 4 is 6.08 Å². The molecule has 0 spiro atoms. The second kappa shape index (κ2) is 8.25. The van der Waals surface area contributed by atoms with Crippen LogP contribution >= 0.6 is 0 Å². The van der Waals surface area contributed by atoms with Crippen LogP contribution in [0.1, 0.15) is 17.2 Å². The van der Waals surface area contributed by atoms with Crippen LogP contribution in [0.3, 0.4) is 0 Å². The first-order valence-corrected chi connectivity index (χ1v) is 9.53. The molecule has 2 aromatic carbocycles. The zero-order chi connectivity index (χ0) is 22.3. The molecule has 10 heteroatoms. The molecule has 2 heterocycles. The summed E-state index contributed by atoms with van der Waals surface area (Å²) in [5, 5.41) is 69.5. The summed E-state index contributed by atoms with van der Waals surface area (Å²) in [4.78, 5) is 0. The molecule has 8 N–H and O–H groups in total. The number of rotatable bonds is 4. The molecule has 2 aromatic rings. The highest BCUT2D eigenvalue weighted by atomic mass is 16.7. The quantitative estimate of drug-likeness (QED) is 0.330. The number of ether oxygens (including phenoxy) is 3. The molecule has 4 rings (SSSR count). The zero-order valence-electron chi connectivity index (χ0n) is 16.1. The van der Waals surface area contributed by atoms with Crippen LogP contribution in [0, 0.1) is 0 Å². The number of aliphatic hydroxyl groups excluding tert-OH is 5. The average molecular weight is 435 g/mol. The van der Waals surface area contributed by atoms with E-state index in [2.05, 4.69) is 4.74 Å². The highest BCUT2D eigenvalue weighted by molar-refractivity contribution is 5.69. The monoisotopic (exact) mass is 435 g/mol. The van der Waals surface area contributed by atoms with E-state index in [1.807, 2.05) is 0 Å². The Bertz CT molecular complexity index is 971. The summed E-state index contributed by atoms with van der Waals surface area (Å²) >= 11 is 0. The lowest BCUT2D eigenvalue weighted by molar-refractivity contribution is -0.277. The van der Waals surface area contributed by atoms with Crippen molar-refractivity contribution in [3.8, 4) is 23.0 Å². The van der Waals surface area contributed by atoms with Crippen molar-refractivity contribution in [1.82, 2.24) is 0 Å². The second-order valence-electron chi connectivity index (χ2n) is 7.38. The van der Waals surface area contributed by atoms with E-state index in [1.54, 1.807) is 12.1 Å². The first-order chi connectivity index (χ1) is 14.8. The van der Waals surface area contributed by atoms with E-state index in [0.29, 0.717) is 11.1 Å². The number of aromatic hydroxyl groups is 3. The Morgan fingerprint density at radius 1 is 0.903 bits per heavy atom. The van der Waals surface area contributed by atoms with Gasteiger partial charge in [-0.1, -0.05) is 0 Å². The minimum Gasteiger partial charge on any atom is -0.571 e. The third-order valence-electron chi connectivity index (χ3n) is 5.25. The maximum atomic E-state index is 10.5. The molecule has 0 saturated carbocycles. The molecule has 0 radical (unpaired) electrons. The number of hydrogen-bond acceptors (Lipinski definition) is 9. The lowest BCUT2D eigenvalue weighted by atomic mass is 9.99. The maximum Gasteiger partial charge on any atom is 0.270 e. The number of benzene rings is 2. The number of phenols is 2. The zero-order valence-corrected chi connectivity index (χ0v) is 16.1. The van der Waals surface area contributed by atoms with Gasteiger partial charge in [-0.15, -0.1) is 0 Å². The van der Waals surface area contributed by atoms with Gasteiger partial charge in [0.15, 0.2) is 5.76 Å². The van der Waals surface area contributed by atoms with Gasteiger partial charge >= 0.3 is 0 Å². The minimum atomic E-state index is -1.64. The van der Waals surface area contributed by atoms with Crippen molar-refractivity contribution in [2.75, 3.05) is 6.61 Å². The Hall–Kier alpha value is -3.02. The Morgan fingerprint density at radius 3 is 2.29 bits per heavy atom. The fraction of sp³-hybridized carbons (Fsp3) is 0.333. The van der Waals surface area contributed by atoms with Crippen molar-refractivity contribution in [2.24, 2.45) is 0 Å². The summed E-state index contributed by atoms with van der Waals surface area (Å²) in [6.07, 6.45) is -6.82. The van der Waals surface area contributed by atoms with Gasteiger partial charge in [-0.25, -0.2) is 0 Å². The molecule has 2 aliphatic heterocycles. The number of aliphatic hydroxyl groups is 6. The van der Waals surface area contributed by atoms with E-state index >= 15 is 0 Å². The van der Waals surface area contributed by atoms with Crippen LogP contribution in [0.25, 0.3) is 6.08 Å². The minimum absolute atomic E-state index is 0.00112. The van der Waals surface area contributed by atoms with Crippen LogP contribution in [-0.2, 0) is 4.74 Å². The predicted octanol–water partition coefficient (Wildman–Crippen LogP) is 0.172. The number of fused-ring (bicyclic) bond motifs is 1. The first kappa shape index (κ1) is 21.2. The molecule has 6 atom stereocenters. The fourth-order valence-corrected chi connectivity index (χ4v) is 3.57. The third-order valence-corrected chi connectivity index (χ3v) is 5.25. The SMILES string of the molecule is OC[C@H]1O[C@@H](Oc2cc(O)cc3c2C=C(O)C(c2ccc(O)cc2)[OH+]3)[C@H](O)[C@@H](O)[C@H]1O. The van der Waals surface area contributed by atoms with Gasteiger partial charge in [0, 0.05) is 12.1 Å². The van der Waals surface area contributed by atoms with Crippen LogP contribution in [-0.4, -0.2) is 77.8 Å². The van der Waals surface area contributed by atoms with Crippen LogP contribution < -0.4 is 4.74 Å². The summed E-state index contributed by atoms with van der Waals surface area (Å²) in [5.41, 5.74) is 0.902. The standard InChI is InChI=1S/C21H22O10/c22-8-16-17(26)18(27)19(28)21(31-16)30-15-6-11(24)5-14-12(15)7-13(25)20(29-14)9-1-3-10(23)4-2-9/h1-7,16-28H,8H2/p+1/t16-,17+,18+,19-,20?,21-/m1/s1. The third kappa shape index (κ3) is 3.99. The van der Waals surface area contributed by atoms with Gasteiger partial charge < -0.3 is 50.0 Å². The smallest absolute Gasteiger partial charge is 0.270 e. The molecule has 1 fully saturated rings. The van der Waals surface area contributed by atoms with Crippen molar-refractivity contribution in [3.05, 3.63) is 53.3 Å². The van der Waals surface area contributed by atoms with Gasteiger partial charge in [-0.05, 0) is 24.3 Å². The Balaban J connectivity index is 1.64. The lowest BCUT2D eigenvalue weighted by Gasteiger charge is -2.39. The topological polar surface area (TPSA) is 173 Å². The molecule has 31 heavy (non-hydrogen) atoms. The Kier molecular flexibility index (Phi) is 5.65. The van der Waals surface area contributed by atoms with Crippen molar-refractivity contribution in [1.29, 1.82) is 0 Å². The van der Waals surface area contributed by atoms with Gasteiger partial charge in [0.05, 0.1) is 18.2 Å². The number of phenolic OH excluding ortho intramolecular Hbond substituents is 2. The van der Waals surface area contributed by atoms with E-state index < -0.39 is 43.4 Å². The highest BCUT2D eigenvalue weighted by Crippen LogP contribution is 2.44. The molecule has 0 aromatic heterocycles. The molecule has 0 amide bonds. The molecular weight excluding hydrogens is 412 g/mol. The summed E-state index contributed by atoms with van der Waals surface area (Å²) in [6.45, 7) is -0.618. The van der Waals surface area contributed by atoms with Crippen molar-refractivity contribution < 1.29 is 50.0 Å². The van der Waals surface area contributed by atoms with Crippen LogP contribution in [0.5, 0.6) is 23.0 Å². The average Bonchev–Trinajstić information content (AvgIpc) is 2.75. The molecule has 1 saturated heterocycles. The summed E-state index contributed by atoms with van der Waals surface area (Å²) < 4.78 is 15.4. The predicted molar refractivity (Wildman–Crippen MR) is 106 cm³/mol. The van der Waals surface area contributed by atoms with E-state index in [4.69, 9.17) is 9.47 Å². The van der Waals surface area contributed by atoms with Gasteiger partial charge in [0.25, 0.3) is 11.9 Å². The maximum absolute atomic E-state index is 10.5. The van der Waals surface area contributed by atoms with Gasteiger partial charge in [-0.3, -0.25) is 0 Å². The Morgan fingerprint density at radius 2 is 1.61 bits per heavy atom. The number of hydrogen-bond donors (Lipinski definition) is 7. The van der Waals surface area contributed by atoms with E-state index in [1.165, 1.54) is 30.3 Å². The molecule has 0 aliphatic carbocycles. The molecule has 0 bridgehead atoms. The van der Waals surface area contributed by atoms with Crippen LogP contribution in [0.4, 0.5) is 0 Å². The summed E-state index contributed by atoms with van der Waals surface area (Å²) in [5.74, 6) is 0.0226. The normalized spacial score (nSPS) is 30.1. The fourth-order valence-electron chi connectivity index (χ4n) is 3.57. The summed E-state index contributed by atoms with van der Waals surface area (Å²) in [6, 6.07) is 8.72. The first-order valence-electron chi connectivity index (χ1n) is 9.53. The summed E-state index contributed by atoms with van der Waals surface area (Å²) in [7, 11) is 0. The highest BCUT2D eigenvalue weighted by Gasteiger charge is 2.45. The van der Waals surface area contributed by atoms with E-state index in [0.717, 1.165) is 0 Å². The largest absolute Gasteiger partial charge is 0.571 e. The molecule has 166 valence electrons. The van der Waals surface area contributed by atoms with E-state index in [9.17, 15) is 35.7 Å². The Labute approximate surface area is 176 Å². The van der Waals surface area contributed by atoms with Crippen molar-refractivity contribution in [3.63, 3.8) is 0 Å². The van der Waals surface area contributed by atoms with Gasteiger partial charge in [0.1, 0.15) is 47.2 Å². The van der Waals surface area contributed by atoms with E-state index in [-0.39, 0.29) is 28.8 Å². The van der Waals surface area contributed by atoms with Crippen molar-refractivity contribution in [2.45, 2.75) is 36.8 Å². The molecular formula is C21H23O10+. The molecule has 1 unspecified atom stereocenters. The second-order valence-corrected chi connectivity index (χ2v) is 7.38. The van der Waals surface area contributed by atoms with Crippen LogP contribution in [0.2, 0.25) is 0 Å². The van der Waals surface area contributed by atoms with Gasteiger partial charge in [0.2, 0.25) is 6.29 Å². The van der Waals surface area contributed by atoms with Crippen LogP contribution in [0.15, 0.2) is 42.2 Å². The lowest BCUT2D eigenvalue weighted by Crippen LogP contribution is -2.60.